The Morgan fingerprint density at radius 2 is 1.79 bits per heavy atom. The molecule has 1 amide bonds. The number of carbonyl (C=O) groups is 2. The van der Waals surface area contributed by atoms with Crippen molar-refractivity contribution in [3.8, 4) is 0 Å². The second-order valence-electron chi connectivity index (χ2n) is 11.1. The minimum absolute atomic E-state index is 0.142. The van der Waals surface area contributed by atoms with E-state index in [1.165, 1.54) is 11.3 Å². The van der Waals surface area contributed by atoms with E-state index >= 15 is 0 Å². The van der Waals surface area contributed by atoms with Gasteiger partial charge in [0.05, 0.1) is 31.7 Å². The number of benzene rings is 2. The first-order chi connectivity index (χ1) is 22.9. The van der Waals surface area contributed by atoms with Crippen LogP contribution in [0.4, 0.5) is 10.9 Å². The van der Waals surface area contributed by atoms with Crippen molar-refractivity contribution in [2.24, 2.45) is 0 Å². The Morgan fingerprint density at radius 3 is 2.55 bits per heavy atom. The summed E-state index contributed by atoms with van der Waals surface area (Å²) < 4.78 is 11.1. The molecule has 0 aliphatic carbocycles. The maximum atomic E-state index is 12.8. The molecule has 5 rings (SSSR count). The number of carbonyl (C=O) groups excluding carboxylic acids is 2. The maximum Gasteiger partial charge on any atom is 0.307 e. The number of aliphatic hydroxyl groups excluding tert-OH is 1. The number of ether oxygens (including phenoxy) is 2. The molecule has 4 aromatic rings. The summed E-state index contributed by atoms with van der Waals surface area (Å²) in [6, 6.07) is 20.0. The van der Waals surface area contributed by atoms with Gasteiger partial charge in [-0.05, 0) is 54.7 Å². The van der Waals surface area contributed by atoms with Gasteiger partial charge in [0.25, 0.3) is 0 Å². The van der Waals surface area contributed by atoms with Crippen LogP contribution >= 0.6 is 22.9 Å². The fraction of sp³-hybridized carbons (Fsp3) is 0.394. The van der Waals surface area contributed by atoms with Gasteiger partial charge in [-0.3, -0.25) is 14.5 Å². The van der Waals surface area contributed by atoms with E-state index in [0.29, 0.717) is 47.7 Å². The number of rotatable bonds is 16. The highest BCUT2D eigenvalue weighted by atomic mass is 35.5. The van der Waals surface area contributed by atoms with E-state index in [4.69, 9.17) is 21.1 Å². The third kappa shape index (κ3) is 11.3. The van der Waals surface area contributed by atoms with Gasteiger partial charge in [0.2, 0.25) is 11.0 Å². The Bertz CT molecular complexity index is 1570. The number of unbranched alkanes of at least 4 members (excludes halogenated alkanes) is 1. The molecule has 0 radical (unpaired) electrons. The molecular formula is C33H38ClN7O5S. The van der Waals surface area contributed by atoms with E-state index in [1.807, 2.05) is 36.4 Å². The molecule has 3 heterocycles. The van der Waals surface area contributed by atoms with E-state index < -0.39 is 18.3 Å². The molecule has 1 saturated heterocycles. The highest BCUT2D eigenvalue weighted by Crippen LogP contribution is 2.27. The maximum absolute atomic E-state index is 12.8. The minimum Gasteiger partial charge on any atom is -0.453 e. The SMILES string of the molecule is O=C(Cc1ccccc1)Nc1ccc(CCCCc2nnc(NC(O)C(OC(=O)CCN3CCOCC3)c3cccc(Cl)c3)s2)nn1. The Morgan fingerprint density at radius 1 is 0.979 bits per heavy atom. The number of nitrogens with one attached hydrogen (secondary N) is 2. The van der Waals surface area contributed by atoms with Crippen molar-refractivity contribution in [1.82, 2.24) is 25.3 Å². The van der Waals surface area contributed by atoms with Crippen molar-refractivity contribution in [1.29, 1.82) is 0 Å². The fourth-order valence-electron chi connectivity index (χ4n) is 5.00. The Balaban J connectivity index is 1.06. The zero-order valence-electron chi connectivity index (χ0n) is 25.9. The molecule has 0 saturated carbocycles. The second kappa shape index (κ2) is 17.8. The number of anilines is 2. The third-order valence-corrected chi connectivity index (χ3v) is 8.61. The number of hydrogen-bond acceptors (Lipinski definition) is 12. The van der Waals surface area contributed by atoms with Crippen molar-refractivity contribution in [3.05, 3.63) is 93.6 Å². The lowest BCUT2D eigenvalue weighted by Crippen LogP contribution is -2.38. The number of esters is 1. The largest absolute Gasteiger partial charge is 0.453 e. The summed E-state index contributed by atoms with van der Waals surface area (Å²) in [6.07, 6.45) is 1.33. The quantitative estimate of drug-likeness (QED) is 0.0874. The van der Waals surface area contributed by atoms with Gasteiger partial charge < -0.3 is 25.2 Å². The number of aryl methyl sites for hydroxylation is 2. The van der Waals surface area contributed by atoms with E-state index in [2.05, 4.69) is 35.9 Å². The van der Waals surface area contributed by atoms with E-state index in [-0.39, 0.29) is 18.7 Å². The molecule has 1 fully saturated rings. The number of amides is 1. The monoisotopic (exact) mass is 679 g/mol. The molecule has 1 aliphatic rings. The summed E-state index contributed by atoms with van der Waals surface area (Å²) in [5.41, 5.74) is 2.33. The van der Waals surface area contributed by atoms with Crippen LogP contribution < -0.4 is 10.6 Å². The third-order valence-electron chi connectivity index (χ3n) is 7.46. The van der Waals surface area contributed by atoms with Crippen LogP contribution in [-0.2, 0) is 38.3 Å². The lowest BCUT2D eigenvalue weighted by Gasteiger charge is -2.27. The van der Waals surface area contributed by atoms with Crippen LogP contribution in [0.25, 0.3) is 0 Å². The van der Waals surface area contributed by atoms with Gasteiger partial charge in [0.1, 0.15) is 5.01 Å². The van der Waals surface area contributed by atoms with Crippen LogP contribution in [0.15, 0.2) is 66.7 Å². The van der Waals surface area contributed by atoms with Gasteiger partial charge in [-0.1, -0.05) is 65.4 Å². The Hall–Kier alpha value is -4.01. The van der Waals surface area contributed by atoms with Crippen molar-refractivity contribution >= 4 is 45.8 Å². The minimum atomic E-state index is -1.27. The fourth-order valence-corrected chi connectivity index (χ4v) is 6.01. The first-order valence-corrected chi connectivity index (χ1v) is 16.8. The topological polar surface area (TPSA) is 152 Å². The van der Waals surface area contributed by atoms with Crippen LogP contribution in [0.3, 0.4) is 0 Å². The molecule has 12 nitrogen and oxygen atoms in total. The molecular weight excluding hydrogens is 642 g/mol. The van der Waals surface area contributed by atoms with Gasteiger partial charge in [-0.25, -0.2) is 0 Å². The number of halogens is 1. The Kier molecular flexibility index (Phi) is 13.0. The zero-order chi connectivity index (χ0) is 32.8. The van der Waals surface area contributed by atoms with Crippen molar-refractivity contribution in [2.75, 3.05) is 43.5 Å². The van der Waals surface area contributed by atoms with Crippen LogP contribution in [0.1, 0.15) is 47.2 Å². The standard InChI is InChI=1S/C33H38ClN7O5S/c34-25-10-6-9-24(22-25)31(46-30(43)15-16-41-17-19-45-20-18-41)32(44)36-33-40-39-29(47-33)12-5-4-11-26-13-14-27(38-37-26)35-28(42)21-23-7-2-1-3-8-23/h1-3,6-10,13-14,22,31-32,44H,4-5,11-12,15-21H2,(H,36,40)(H,35,38,42). The molecule has 2 aromatic carbocycles. The number of aliphatic hydroxyl groups is 1. The second-order valence-corrected chi connectivity index (χ2v) is 12.6. The predicted molar refractivity (Wildman–Crippen MR) is 179 cm³/mol. The summed E-state index contributed by atoms with van der Waals surface area (Å²) in [6.45, 7) is 3.39. The number of hydrogen-bond donors (Lipinski definition) is 3. The normalized spacial score (nSPS) is 14.7. The van der Waals surface area contributed by atoms with Crippen LogP contribution in [0.2, 0.25) is 5.02 Å². The first-order valence-electron chi connectivity index (χ1n) is 15.6. The number of morpholine rings is 1. The molecule has 248 valence electrons. The lowest BCUT2D eigenvalue weighted by atomic mass is 10.1. The first kappa shape index (κ1) is 34.3. The van der Waals surface area contributed by atoms with Crippen molar-refractivity contribution in [3.63, 3.8) is 0 Å². The van der Waals surface area contributed by atoms with Gasteiger partial charge in [0, 0.05) is 31.1 Å². The highest BCUT2D eigenvalue weighted by molar-refractivity contribution is 7.15. The van der Waals surface area contributed by atoms with Gasteiger partial charge in [-0.2, -0.15) is 5.10 Å². The van der Waals surface area contributed by atoms with Gasteiger partial charge >= 0.3 is 5.97 Å². The summed E-state index contributed by atoms with van der Waals surface area (Å²) in [5, 5.41) is 35.3. The van der Waals surface area contributed by atoms with Crippen LogP contribution in [0, 0.1) is 0 Å². The summed E-state index contributed by atoms with van der Waals surface area (Å²) in [5.74, 6) is -0.143. The average Bonchev–Trinajstić information content (AvgIpc) is 3.53. The molecule has 0 spiro atoms. The number of aromatic nitrogens is 4. The van der Waals surface area contributed by atoms with E-state index in [9.17, 15) is 14.7 Å². The molecule has 2 atom stereocenters. The van der Waals surface area contributed by atoms with Crippen molar-refractivity contribution < 1.29 is 24.2 Å². The smallest absolute Gasteiger partial charge is 0.307 e. The Labute approximate surface area is 282 Å². The van der Waals surface area contributed by atoms with Gasteiger partial charge in [-0.15, -0.1) is 15.3 Å². The van der Waals surface area contributed by atoms with Crippen molar-refractivity contribution in [2.45, 2.75) is 50.9 Å². The summed E-state index contributed by atoms with van der Waals surface area (Å²) in [4.78, 5) is 27.2. The summed E-state index contributed by atoms with van der Waals surface area (Å²) in [7, 11) is 0. The molecule has 14 heteroatoms. The molecule has 3 N–H and O–H groups in total. The zero-order valence-corrected chi connectivity index (χ0v) is 27.5. The predicted octanol–water partition coefficient (Wildman–Crippen LogP) is 4.47. The molecule has 2 unspecified atom stereocenters. The average molecular weight is 680 g/mol. The molecule has 47 heavy (non-hydrogen) atoms. The highest BCUT2D eigenvalue weighted by Gasteiger charge is 2.27. The molecule has 0 bridgehead atoms. The van der Waals surface area contributed by atoms with E-state index in [0.717, 1.165) is 48.6 Å². The van der Waals surface area contributed by atoms with Crippen LogP contribution in [-0.4, -0.2) is 81.4 Å². The lowest BCUT2D eigenvalue weighted by molar-refractivity contribution is -0.155. The number of nitrogens with zero attached hydrogens (tertiary/aromatic N) is 5. The molecule has 1 aliphatic heterocycles. The molecule has 2 aromatic heterocycles. The van der Waals surface area contributed by atoms with Crippen LogP contribution in [0.5, 0.6) is 0 Å². The summed E-state index contributed by atoms with van der Waals surface area (Å²) >= 11 is 7.53. The van der Waals surface area contributed by atoms with E-state index in [1.54, 1.807) is 30.3 Å². The van der Waals surface area contributed by atoms with Gasteiger partial charge in [0.15, 0.2) is 18.1 Å².